The molecule has 0 unspecified atom stereocenters. The Labute approximate surface area is 128 Å². The minimum atomic E-state index is -1.03. The summed E-state index contributed by atoms with van der Waals surface area (Å²) in [6, 6.07) is 12.5. The van der Waals surface area contributed by atoms with Gasteiger partial charge in [-0.25, -0.2) is 9.59 Å². The molecule has 0 radical (unpaired) electrons. The standard InChI is InChI=1S/C17H16O5/c1-2-11-21-15-6-4-3-5-14(15)17(20)22-13-9-7-12(8-10-13)16(18)19/h3-10H,2,11H2,1H3,(H,18,19). The van der Waals surface area contributed by atoms with Crippen molar-refractivity contribution >= 4 is 11.9 Å². The van der Waals surface area contributed by atoms with E-state index in [0.29, 0.717) is 17.9 Å². The summed E-state index contributed by atoms with van der Waals surface area (Å²) in [6.07, 6.45) is 0.833. The van der Waals surface area contributed by atoms with Gasteiger partial charge in [-0.1, -0.05) is 19.1 Å². The Balaban J connectivity index is 2.13. The van der Waals surface area contributed by atoms with Crippen LogP contribution in [0.1, 0.15) is 34.1 Å². The van der Waals surface area contributed by atoms with Gasteiger partial charge in [-0.15, -0.1) is 0 Å². The SMILES string of the molecule is CCCOc1ccccc1C(=O)Oc1ccc(C(=O)O)cc1. The van der Waals surface area contributed by atoms with Gasteiger partial charge in [0.25, 0.3) is 0 Å². The summed E-state index contributed by atoms with van der Waals surface area (Å²) < 4.78 is 10.8. The third-order valence-electron chi connectivity index (χ3n) is 2.88. The molecule has 0 aliphatic carbocycles. The van der Waals surface area contributed by atoms with Crippen LogP contribution in [0, 0.1) is 0 Å². The van der Waals surface area contributed by atoms with Crippen molar-refractivity contribution in [3.05, 3.63) is 59.7 Å². The first-order valence-corrected chi connectivity index (χ1v) is 6.89. The molecule has 0 fully saturated rings. The van der Waals surface area contributed by atoms with Crippen molar-refractivity contribution in [1.29, 1.82) is 0 Å². The van der Waals surface area contributed by atoms with Crippen molar-refractivity contribution in [3.8, 4) is 11.5 Å². The number of hydrogen-bond acceptors (Lipinski definition) is 4. The Morgan fingerprint density at radius 1 is 1.05 bits per heavy atom. The van der Waals surface area contributed by atoms with Crippen molar-refractivity contribution in [3.63, 3.8) is 0 Å². The van der Waals surface area contributed by atoms with Gasteiger partial charge in [0.2, 0.25) is 0 Å². The number of carboxylic acid groups (broad SMARTS) is 1. The smallest absolute Gasteiger partial charge is 0.347 e. The van der Waals surface area contributed by atoms with Crippen molar-refractivity contribution in [2.45, 2.75) is 13.3 Å². The highest BCUT2D eigenvalue weighted by molar-refractivity contribution is 5.94. The summed E-state index contributed by atoms with van der Waals surface area (Å²) in [6.45, 7) is 2.49. The molecule has 22 heavy (non-hydrogen) atoms. The van der Waals surface area contributed by atoms with E-state index in [1.807, 2.05) is 6.92 Å². The molecule has 0 aliphatic heterocycles. The molecule has 0 saturated heterocycles. The highest BCUT2D eigenvalue weighted by atomic mass is 16.5. The Hall–Kier alpha value is -2.82. The van der Waals surface area contributed by atoms with Gasteiger partial charge in [-0.3, -0.25) is 0 Å². The van der Waals surface area contributed by atoms with Crippen LogP contribution in [0.2, 0.25) is 0 Å². The maximum Gasteiger partial charge on any atom is 0.347 e. The van der Waals surface area contributed by atoms with Gasteiger partial charge in [-0.05, 0) is 42.8 Å². The molecule has 0 amide bonds. The number of carbonyl (C=O) groups is 2. The fraction of sp³-hybridized carbons (Fsp3) is 0.176. The van der Waals surface area contributed by atoms with Crippen LogP contribution in [0.3, 0.4) is 0 Å². The summed E-state index contributed by atoms with van der Waals surface area (Å²) in [7, 11) is 0. The summed E-state index contributed by atoms with van der Waals surface area (Å²) in [5.74, 6) is -0.831. The van der Waals surface area contributed by atoms with Gasteiger partial charge in [0.15, 0.2) is 0 Å². The molecule has 1 N–H and O–H groups in total. The lowest BCUT2D eigenvalue weighted by Gasteiger charge is -2.10. The minimum absolute atomic E-state index is 0.131. The van der Waals surface area contributed by atoms with Crippen molar-refractivity contribution in [1.82, 2.24) is 0 Å². The zero-order valence-electron chi connectivity index (χ0n) is 12.1. The first-order valence-electron chi connectivity index (χ1n) is 6.89. The normalized spacial score (nSPS) is 10.0. The molecule has 114 valence electrons. The second-order valence-corrected chi connectivity index (χ2v) is 4.56. The number of esters is 1. The molecule has 0 bridgehead atoms. The zero-order valence-corrected chi connectivity index (χ0v) is 12.1. The van der Waals surface area contributed by atoms with Crippen LogP contribution in [-0.2, 0) is 0 Å². The lowest BCUT2D eigenvalue weighted by atomic mass is 10.2. The molecule has 2 aromatic carbocycles. The van der Waals surface area contributed by atoms with Gasteiger partial charge in [0.1, 0.15) is 17.1 Å². The molecule has 5 heteroatoms. The second kappa shape index (κ2) is 7.26. The fourth-order valence-corrected chi connectivity index (χ4v) is 1.80. The van der Waals surface area contributed by atoms with E-state index in [1.165, 1.54) is 24.3 Å². The van der Waals surface area contributed by atoms with E-state index in [2.05, 4.69) is 0 Å². The fourth-order valence-electron chi connectivity index (χ4n) is 1.80. The van der Waals surface area contributed by atoms with Crippen LogP contribution in [0.15, 0.2) is 48.5 Å². The largest absolute Gasteiger partial charge is 0.493 e. The Morgan fingerprint density at radius 3 is 2.36 bits per heavy atom. The molecule has 0 atom stereocenters. The molecule has 5 nitrogen and oxygen atoms in total. The lowest BCUT2D eigenvalue weighted by molar-refractivity contribution is 0.0696. The van der Waals surface area contributed by atoms with E-state index < -0.39 is 11.9 Å². The van der Waals surface area contributed by atoms with Crippen molar-refractivity contribution in [2.24, 2.45) is 0 Å². The van der Waals surface area contributed by atoms with E-state index in [0.717, 1.165) is 6.42 Å². The van der Waals surface area contributed by atoms with Crippen LogP contribution in [0.5, 0.6) is 11.5 Å². The predicted octanol–water partition coefficient (Wildman–Crippen LogP) is 3.39. The number of carboxylic acids is 1. The third-order valence-corrected chi connectivity index (χ3v) is 2.88. The number of carbonyl (C=O) groups excluding carboxylic acids is 1. The number of benzene rings is 2. The molecular formula is C17H16O5. The Morgan fingerprint density at radius 2 is 1.73 bits per heavy atom. The molecule has 0 heterocycles. The summed E-state index contributed by atoms with van der Waals surface area (Å²) in [5, 5.41) is 8.83. The molecule has 2 rings (SSSR count). The molecule has 0 spiro atoms. The van der Waals surface area contributed by atoms with E-state index in [9.17, 15) is 9.59 Å². The maximum atomic E-state index is 12.2. The zero-order chi connectivity index (χ0) is 15.9. The quantitative estimate of drug-likeness (QED) is 0.654. The van der Waals surface area contributed by atoms with Crippen LogP contribution in [-0.4, -0.2) is 23.7 Å². The van der Waals surface area contributed by atoms with Gasteiger partial charge in [0.05, 0.1) is 12.2 Å². The summed E-state index contributed by atoms with van der Waals surface area (Å²) in [4.78, 5) is 23.0. The number of rotatable bonds is 6. The van der Waals surface area contributed by atoms with Gasteiger partial charge in [0, 0.05) is 0 Å². The van der Waals surface area contributed by atoms with Crippen LogP contribution in [0.4, 0.5) is 0 Å². The monoisotopic (exact) mass is 300 g/mol. The molecular weight excluding hydrogens is 284 g/mol. The average Bonchev–Trinajstić information content (AvgIpc) is 2.53. The Kier molecular flexibility index (Phi) is 5.14. The van der Waals surface area contributed by atoms with Crippen LogP contribution >= 0.6 is 0 Å². The summed E-state index contributed by atoms with van der Waals surface area (Å²) >= 11 is 0. The highest BCUT2D eigenvalue weighted by Crippen LogP contribution is 2.21. The van der Waals surface area contributed by atoms with Crippen molar-refractivity contribution in [2.75, 3.05) is 6.61 Å². The van der Waals surface area contributed by atoms with Gasteiger partial charge >= 0.3 is 11.9 Å². The van der Waals surface area contributed by atoms with Crippen LogP contribution in [0.25, 0.3) is 0 Å². The van der Waals surface area contributed by atoms with E-state index in [-0.39, 0.29) is 11.3 Å². The van der Waals surface area contributed by atoms with E-state index >= 15 is 0 Å². The Bertz CT molecular complexity index is 661. The maximum absolute atomic E-state index is 12.2. The molecule has 0 aromatic heterocycles. The first-order chi connectivity index (χ1) is 10.6. The number of ether oxygens (including phenoxy) is 2. The average molecular weight is 300 g/mol. The topological polar surface area (TPSA) is 72.8 Å². The molecule has 2 aromatic rings. The minimum Gasteiger partial charge on any atom is -0.493 e. The highest BCUT2D eigenvalue weighted by Gasteiger charge is 2.14. The van der Waals surface area contributed by atoms with E-state index in [1.54, 1.807) is 24.3 Å². The molecule has 0 saturated carbocycles. The number of para-hydroxylation sites is 1. The third kappa shape index (κ3) is 3.85. The first kappa shape index (κ1) is 15.6. The van der Waals surface area contributed by atoms with Gasteiger partial charge in [-0.2, -0.15) is 0 Å². The number of aromatic carboxylic acids is 1. The van der Waals surface area contributed by atoms with Gasteiger partial charge < -0.3 is 14.6 Å². The summed E-state index contributed by atoms with van der Waals surface area (Å²) in [5.41, 5.74) is 0.463. The molecule has 0 aliphatic rings. The van der Waals surface area contributed by atoms with Crippen LogP contribution < -0.4 is 9.47 Å². The second-order valence-electron chi connectivity index (χ2n) is 4.56. The lowest BCUT2D eigenvalue weighted by Crippen LogP contribution is -2.11. The van der Waals surface area contributed by atoms with Crippen molar-refractivity contribution < 1.29 is 24.2 Å². The number of hydrogen-bond donors (Lipinski definition) is 1. The predicted molar refractivity (Wildman–Crippen MR) is 80.6 cm³/mol. The van der Waals surface area contributed by atoms with E-state index in [4.69, 9.17) is 14.6 Å².